The summed E-state index contributed by atoms with van der Waals surface area (Å²) in [6, 6.07) is 6.19. The fourth-order valence-electron chi connectivity index (χ4n) is 1.68. The average molecular weight is 275 g/mol. The van der Waals surface area contributed by atoms with Crippen molar-refractivity contribution in [2.24, 2.45) is 0 Å². The number of carbonyl (C=O) groups is 1. The zero-order valence-electron chi connectivity index (χ0n) is 11.1. The van der Waals surface area contributed by atoms with Gasteiger partial charge in [0.2, 0.25) is 0 Å². The Kier molecular flexibility index (Phi) is 3.84. The van der Waals surface area contributed by atoms with E-state index in [4.69, 9.17) is 5.73 Å². The fraction of sp³-hybridized carbons (Fsp3) is 0.143. The molecule has 5 nitrogen and oxygen atoms in total. The summed E-state index contributed by atoms with van der Waals surface area (Å²) in [5.74, 6) is -0.664. The van der Waals surface area contributed by atoms with Gasteiger partial charge < -0.3 is 15.8 Å². The smallest absolute Gasteiger partial charge is 0.340 e. The van der Waals surface area contributed by atoms with Crippen molar-refractivity contribution in [1.82, 2.24) is 4.98 Å². The van der Waals surface area contributed by atoms with Gasteiger partial charge >= 0.3 is 5.97 Å². The number of benzene rings is 1. The van der Waals surface area contributed by atoms with Gasteiger partial charge in [0.25, 0.3) is 0 Å². The number of halogens is 1. The van der Waals surface area contributed by atoms with Gasteiger partial charge in [-0.15, -0.1) is 0 Å². The Morgan fingerprint density at radius 3 is 2.80 bits per heavy atom. The molecule has 0 aliphatic rings. The Morgan fingerprint density at radius 2 is 2.15 bits per heavy atom. The maximum absolute atomic E-state index is 13.7. The van der Waals surface area contributed by atoms with Gasteiger partial charge in [0, 0.05) is 0 Å². The van der Waals surface area contributed by atoms with Gasteiger partial charge in [0.1, 0.15) is 11.6 Å². The molecule has 0 saturated carbocycles. The predicted molar refractivity (Wildman–Crippen MR) is 74.4 cm³/mol. The van der Waals surface area contributed by atoms with Gasteiger partial charge in [-0.1, -0.05) is 6.07 Å². The molecule has 2 rings (SSSR count). The molecule has 0 aliphatic heterocycles. The van der Waals surface area contributed by atoms with Crippen LogP contribution in [0.15, 0.2) is 30.5 Å². The van der Waals surface area contributed by atoms with Gasteiger partial charge in [0.15, 0.2) is 0 Å². The molecule has 0 atom stereocenters. The maximum atomic E-state index is 13.7. The number of pyridine rings is 1. The summed E-state index contributed by atoms with van der Waals surface area (Å²) in [5, 5.41) is 2.80. The summed E-state index contributed by atoms with van der Waals surface area (Å²) >= 11 is 0. The standard InChI is InChI=1S/C14H14FN3O2/c1-8-3-4-12(10(15)5-8)18-13-6-9(14(19)20-2)11(16)7-17-13/h3-7H,16H2,1-2H3,(H,17,18). The summed E-state index contributed by atoms with van der Waals surface area (Å²) in [5.41, 5.74) is 7.10. The molecule has 0 fully saturated rings. The Morgan fingerprint density at radius 1 is 1.40 bits per heavy atom. The fourth-order valence-corrected chi connectivity index (χ4v) is 1.68. The van der Waals surface area contributed by atoms with Crippen LogP contribution < -0.4 is 11.1 Å². The first-order valence-corrected chi connectivity index (χ1v) is 5.88. The number of hydrogen-bond donors (Lipinski definition) is 2. The number of ether oxygens (including phenoxy) is 1. The van der Waals surface area contributed by atoms with E-state index >= 15 is 0 Å². The van der Waals surface area contributed by atoms with Crippen LogP contribution in [0.4, 0.5) is 21.6 Å². The monoisotopic (exact) mass is 275 g/mol. The molecule has 3 N–H and O–H groups in total. The third-order valence-electron chi connectivity index (χ3n) is 2.73. The van der Waals surface area contributed by atoms with Gasteiger partial charge in [-0.25, -0.2) is 14.2 Å². The van der Waals surface area contributed by atoms with Crippen LogP contribution in [-0.4, -0.2) is 18.1 Å². The van der Waals surface area contributed by atoms with Crippen LogP contribution in [-0.2, 0) is 4.74 Å². The molecular formula is C14H14FN3O2. The molecule has 20 heavy (non-hydrogen) atoms. The highest BCUT2D eigenvalue weighted by Gasteiger charge is 2.12. The number of nitrogen functional groups attached to an aromatic ring is 1. The Hall–Kier alpha value is -2.63. The number of esters is 1. The average Bonchev–Trinajstić information content (AvgIpc) is 2.43. The quantitative estimate of drug-likeness (QED) is 0.842. The predicted octanol–water partition coefficient (Wildman–Crippen LogP) is 2.64. The Bertz CT molecular complexity index is 659. The van der Waals surface area contributed by atoms with Crippen molar-refractivity contribution in [3.63, 3.8) is 0 Å². The zero-order chi connectivity index (χ0) is 14.7. The number of nitrogens with zero attached hydrogens (tertiary/aromatic N) is 1. The maximum Gasteiger partial charge on any atom is 0.340 e. The second-order valence-corrected chi connectivity index (χ2v) is 4.26. The van der Waals surface area contributed by atoms with E-state index in [1.54, 1.807) is 19.1 Å². The largest absolute Gasteiger partial charge is 0.465 e. The summed E-state index contributed by atoms with van der Waals surface area (Å²) in [4.78, 5) is 15.5. The van der Waals surface area contributed by atoms with E-state index in [-0.39, 0.29) is 16.9 Å². The number of carbonyl (C=O) groups excluding carboxylic acids is 1. The van der Waals surface area contributed by atoms with Crippen molar-refractivity contribution >= 4 is 23.2 Å². The van der Waals surface area contributed by atoms with Crippen molar-refractivity contribution in [2.45, 2.75) is 6.92 Å². The molecule has 1 heterocycles. The lowest BCUT2D eigenvalue weighted by atomic mass is 10.2. The first kappa shape index (κ1) is 13.8. The van der Waals surface area contributed by atoms with E-state index in [0.717, 1.165) is 5.56 Å². The summed E-state index contributed by atoms with van der Waals surface area (Å²) in [6.07, 6.45) is 1.32. The molecule has 104 valence electrons. The van der Waals surface area contributed by atoms with Crippen LogP contribution >= 0.6 is 0 Å². The third kappa shape index (κ3) is 2.85. The first-order valence-electron chi connectivity index (χ1n) is 5.88. The van der Waals surface area contributed by atoms with Crippen LogP contribution in [0, 0.1) is 12.7 Å². The van der Waals surface area contributed by atoms with E-state index < -0.39 is 11.8 Å². The number of hydrogen-bond acceptors (Lipinski definition) is 5. The molecular weight excluding hydrogens is 261 g/mol. The lowest BCUT2D eigenvalue weighted by Gasteiger charge is -2.09. The zero-order valence-corrected chi connectivity index (χ0v) is 11.1. The highest BCUT2D eigenvalue weighted by molar-refractivity contribution is 5.95. The molecule has 0 radical (unpaired) electrons. The topological polar surface area (TPSA) is 77.2 Å². The molecule has 1 aromatic heterocycles. The Balaban J connectivity index is 2.32. The highest BCUT2D eigenvalue weighted by atomic mass is 19.1. The number of aryl methyl sites for hydroxylation is 1. The SMILES string of the molecule is COC(=O)c1cc(Nc2ccc(C)cc2F)ncc1N. The van der Waals surface area contributed by atoms with E-state index in [1.165, 1.54) is 25.4 Å². The summed E-state index contributed by atoms with van der Waals surface area (Å²) < 4.78 is 18.3. The minimum absolute atomic E-state index is 0.178. The van der Waals surface area contributed by atoms with Gasteiger partial charge in [0.05, 0.1) is 30.2 Å². The second kappa shape index (κ2) is 5.56. The van der Waals surface area contributed by atoms with Crippen molar-refractivity contribution in [2.75, 3.05) is 18.2 Å². The van der Waals surface area contributed by atoms with Gasteiger partial charge in [-0.3, -0.25) is 0 Å². The summed E-state index contributed by atoms with van der Waals surface area (Å²) in [7, 11) is 1.26. The van der Waals surface area contributed by atoms with Crippen molar-refractivity contribution in [3.05, 3.63) is 47.4 Å². The number of anilines is 3. The lowest BCUT2D eigenvalue weighted by molar-refractivity contribution is 0.0602. The first-order chi connectivity index (χ1) is 9.51. The van der Waals surface area contributed by atoms with Gasteiger partial charge in [-0.05, 0) is 30.7 Å². The Labute approximate surface area is 115 Å². The molecule has 1 aromatic carbocycles. The highest BCUT2D eigenvalue weighted by Crippen LogP contribution is 2.22. The molecule has 0 aliphatic carbocycles. The van der Waals surface area contributed by atoms with Crippen LogP contribution in [0.5, 0.6) is 0 Å². The normalized spacial score (nSPS) is 10.2. The van der Waals surface area contributed by atoms with Crippen molar-refractivity contribution in [1.29, 1.82) is 0 Å². The number of rotatable bonds is 3. The molecule has 0 spiro atoms. The molecule has 0 unspecified atom stereocenters. The van der Waals surface area contributed by atoms with E-state index in [2.05, 4.69) is 15.0 Å². The van der Waals surface area contributed by atoms with Crippen LogP contribution in [0.2, 0.25) is 0 Å². The third-order valence-corrected chi connectivity index (χ3v) is 2.73. The number of methoxy groups -OCH3 is 1. The number of nitrogens with two attached hydrogens (primary N) is 1. The summed E-state index contributed by atoms with van der Waals surface area (Å²) in [6.45, 7) is 1.80. The molecule has 6 heteroatoms. The molecule has 2 aromatic rings. The molecule has 0 bridgehead atoms. The van der Waals surface area contributed by atoms with E-state index in [1.807, 2.05) is 0 Å². The minimum atomic E-state index is -0.572. The lowest BCUT2D eigenvalue weighted by Crippen LogP contribution is -2.07. The molecule has 0 amide bonds. The molecule has 0 saturated heterocycles. The minimum Gasteiger partial charge on any atom is -0.465 e. The second-order valence-electron chi connectivity index (χ2n) is 4.26. The van der Waals surface area contributed by atoms with E-state index in [9.17, 15) is 9.18 Å². The van der Waals surface area contributed by atoms with Crippen LogP contribution in [0.3, 0.4) is 0 Å². The number of nitrogens with one attached hydrogen (secondary N) is 1. The van der Waals surface area contributed by atoms with Crippen molar-refractivity contribution < 1.29 is 13.9 Å². The van der Waals surface area contributed by atoms with E-state index in [0.29, 0.717) is 5.82 Å². The van der Waals surface area contributed by atoms with Gasteiger partial charge in [-0.2, -0.15) is 0 Å². The van der Waals surface area contributed by atoms with Crippen LogP contribution in [0.25, 0.3) is 0 Å². The van der Waals surface area contributed by atoms with Crippen LogP contribution in [0.1, 0.15) is 15.9 Å². The number of aromatic nitrogens is 1. The van der Waals surface area contributed by atoms with Crippen molar-refractivity contribution in [3.8, 4) is 0 Å².